The topological polar surface area (TPSA) is 21.3 Å². The van der Waals surface area contributed by atoms with E-state index in [2.05, 4.69) is 22.8 Å². The average molecular weight is 282 g/mol. The number of hydrogen-bond donors (Lipinski definition) is 1. The molecule has 0 aliphatic heterocycles. The van der Waals surface area contributed by atoms with Gasteiger partial charge in [-0.15, -0.1) is 11.3 Å². The molecule has 0 radical (unpaired) electrons. The van der Waals surface area contributed by atoms with E-state index < -0.39 is 0 Å². The number of thiophene rings is 1. The normalized spacial score (nSPS) is 12.4. The summed E-state index contributed by atoms with van der Waals surface area (Å²) in [5, 5.41) is 6.26. The molecule has 18 heavy (non-hydrogen) atoms. The minimum absolute atomic E-state index is 0.127. The molecule has 0 fully saturated rings. The van der Waals surface area contributed by atoms with Gasteiger partial charge in [0.2, 0.25) is 0 Å². The number of rotatable bonds is 4. The molecule has 0 saturated heterocycles. The lowest BCUT2D eigenvalue weighted by Gasteiger charge is -2.16. The zero-order valence-electron chi connectivity index (χ0n) is 10.7. The molecule has 1 unspecified atom stereocenters. The number of hydrogen-bond acceptors (Lipinski definition) is 3. The predicted molar refractivity (Wildman–Crippen MR) is 78.0 cm³/mol. The molecular weight excluding hydrogens is 266 g/mol. The second kappa shape index (κ2) is 5.74. The summed E-state index contributed by atoms with van der Waals surface area (Å²) >= 11 is 8.02. The third kappa shape index (κ3) is 2.53. The van der Waals surface area contributed by atoms with E-state index in [-0.39, 0.29) is 6.04 Å². The van der Waals surface area contributed by atoms with Crippen LogP contribution in [0.25, 0.3) is 0 Å². The van der Waals surface area contributed by atoms with E-state index in [1.165, 1.54) is 5.56 Å². The molecule has 2 rings (SSSR count). The van der Waals surface area contributed by atoms with Crippen LogP contribution in [0.1, 0.15) is 22.0 Å². The quantitative estimate of drug-likeness (QED) is 0.914. The van der Waals surface area contributed by atoms with E-state index in [1.807, 2.05) is 26.1 Å². The van der Waals surface area contributed by atoms with Crippen LogP contribution in [0.3, 0.4) is 0 Å². The molecule has 96 valence electrons. The van der Waals surface area contributed by atoms with Gasteiger partial charge in [0.1, 0.15) is 5.75 Å². The Balaban J connectivity index is 2.35. The van der Waals surface area contributed by atoms with Gasteiger partial charge in [-0.3, -0.25) is 0 Å². The Morgan fingerprint density at radius 1 is 1.28 bits per heavy atom. The molecule has 0 saturated carbocycles. The lowest BCUT2D eigenvalue weighted by atomic mass is 10.0. The highest BCUT2D eigenvalue weighted by Crippen LogP contribution is 2.35. The maximum Gasteiger partial charge on any atom is 0.118 e. The van der Waals surface area contributed by atoms with Crippen molar-refractivity contribution in [1.29, 1.82) is 0 Å². The first-order valence-corrected chi connectivity index (χ1v) is 6.97. The molecule has 2 nitrogen and oxygen atoms in total. The van der Waals surface area contributed by atoms with E-state index in [9.17, 15) is 0 Å². The van der Waals surface area contributed by atoms with Crippen molar-refractivity contribution in [2.75, 3.05) is 14.2 Å². The van der Waals surface area contributed by atoms with Gasteiger partial charge in [0.15, 0.2) is 0 Å². The maximum absolute atomic E-state index is 6.34. The van der Waals surface area contributed by atoms with Crippen LogP contribution in [0, 0.1) is 6.92 Å². The van der Waals surface area contributed by atoms with Gasteiger partial charge >= 0.3 is 0 Å². The minimum atomic E-state index is 0.127. The smallest absolute Gasteiger partial charge is 0.118 e. The van der Waals surface area contributed by atoms with Crippen molar-refractivity contribution in [2.45, 2.75) is 13.0 Å². The van der Waals surface area contributed by atoms with Crippen molar-refractivity contribution < 1.29 is 4.74 Å². The lowest BCUT2D eigenvalue weighted by Crippen LogP contribution is -2.16. The van der Waals surface area contributed by atoms with E-state index in [0.29, 0.717) is 0 Å². The molecule has 1 aromatic heterocycles. The summed E-state index contributed by atoms with van der Waals surface area (Å²) in [6, 6.07) is 8.18. The van der Waals surface area contributed by atoms with Crippen molar-refractivity contribution in [2.24, 2.45) is 0 Å². The Kier molecular flexibility index (Phi) is 4.27. The fraction of sp³-hybridized carbons (Fsp3) is 0.286. The number of ether oxygens (including phenoxy) is 1. The van der Waals surface area contributed by atoms with Crippen molar-refractivity contribution in [3.63, 3.8) is 0 Å². The van der Waals surface area contributed by atoms with Crippen LogP contribution >= 0.6 is 22.9 Å². The molecule has 1 atom stereocenters. The summed E-state index contributed by atoms with van der Waals surface area (Å²) in [6.07, 6.45) is 0. The Morgan fingerprint density at radius 2 is 1.94 bits per heavy atom. The van der Waals surface area contributed by atoms with Crippen LogP contribution in [0.2, 0.25) is 5.02 Å². The van der Waals surface area contributed by atoms with Crippen molar-refractivity contribution in [1.82, 2.24) is 5.32 Å². The van der Waals surface area contributed by atoms with Gasteiger partial charge in [-0.25, -0.2) is 0 Å². The third-order valence-electron chi connectivity index (χ3n) is 2.93. The third-order valence-corrected chi connectivity index (χ3v) is 4.70. The molecule has 0 aliphatic carbocycles. The Labute approximate surface area is 117 Å². The standard InChI is InChI=1S/C14H16ClNOS/c1-9-8-18-14(12(9)15)13(16-2)10-4-6-11(17-3)7-5-10/h4-8,13,16H,1-3H3. The van der Waals surface area contributed by atoms with Gasteiger partial charge in [-0.1, -0.05) is 23.7 Å². The first-order valence-electron chi connectivity index (χ1n) is 5.72. The number of methoxy groups -OCH3 is 1. The van der Waals surface area contributed by atoms with Crippen LogP contribution in [0.15, 0.2) is 29.6 Å². The molecule has 2 aromatic rings. The first kappa shape index (κ1) is 13.4. The SMILES string of the molecule is CNC(c1ccc(OC)cc1)c1scc(C)c1Cl. The summed E-state index contributed by atoms with van der Waals surface area (Å²) in [7, 11) is 3.62. The van der Waals surface area contributed by atoms with Crippen LogP contribution in [0.5, 0.6) is 5.75 Å². The molecular formula is C14H16ClNOS. The van der Waals surface area contributed by atoms with Gasteiger partial charge < -0.3 is 10.1 Å². The summed E-state index contributed by atoms with van der Waals surface area (Å²) in [5.41, 5.74) is 2.31. The second-order valence-corrected chi connectivity index (χ2v) is 5.38. The van der Waals surface area contributed by atoms with Gasteiger partial charge in [0.25, 0.3) is 0 Å². The highest BCUT2D eigenvalue weighted by Gasteiger charge is 2.18. The van der Waals surface area contributed by atoms with E-state index in [0.717, 1.165) is 21.2 Å². The molecule has 0 bridgehead atoms. The van der Waals surface area contributed by atoms with Crippen LogP contribution in [-0.2, 0) is 0 Å². The lowest BCUT2D eigenvalue weighted by molar-refractivity contribution is 0.414. The molecule has 0 amide bonds. The van der Waals surface area contributed by atoms with Gasteiger partial charge in [0, 0.05) is 4.88 Å². The number of aryl methyl sites for hydroxylation is 1. The van der Waals surface area contributed by atoms with E-state index in [4.69, 9.17) is 16.3 Å². The summed E-state index contributed by atoms with van der Waals surface area (Å²) in [5.74, 6) is 0.863. The van der Waals surface area contributed by atoms with Gasteiger partial charge in [0.05, 0.1) is 18.2 Å². The van der Waals surface area contributed by atoms with Crippen molar-refractivity contribution >= 4 is 22.9 Å². The van der Waals surface area contributed by atoms with E-state index in [1.54, 1.807) is 18.4 Å². The summed E-state index contributed by atoms with van der Waals surface area (Å²) < 4.78 is 5.17. The Bertz CT molecular complexity index is 521. The molecule has 4 heteroatoms. The highest BCUT2D eigenvalue weighted by atomic mass is 35.5. The molecule has 1 aromatic carbocycles. The largest absolute Gasteiger partial charge is 0.497 e. The van der Waals surface area contributed by atoms with Crippen LogP contribution < -0.4 is 10.1 Å². The Morgan fingerprint density at radius 3 is 2.39 bits per heavy atom. The summed E-state index contributed by atoms with van der Waals surface area (Å²) in [6.45, 7) is 2.03. The zero-order valence-corrected chi connectivity index (χ0v) is 12.2. The molecule has 1 N–H and O–H groups in total. The summed E-state index contributed by atoms with van der Waals surface area (Å²) in [4.78, 5) is 1.15. The number of halogens is 1. The molecule has 0 aliphatic rings. The van der Waals surface area contributed by atoms with Gasteiger partial charge in [-0.05, 0) is 42.6 Å². The van der Waals surface area contributed by atoms with Crippen molar-refractivity contribution in [3.05, 3.63) is 50.7 Å². The predicted octanol–water partition coefficient (Wildman–Crippen LogP) is 4.03. The Hall–Kier alpha value is -1.03. The highest BCUT2D eigenvalue weighted by molar-refractivity contribution is 7.10. The second-order valence-electron chi connectivity index (χ2n) is 4.09. The maximum atomic E-state index is 6.34. The number of benzene rings is 1. The monoisotopic (exact) mass is 281 g/mol. The zero-order chi connectivity index (χ0) is 13.1. The van der Waals surface area contributed by atoms with Gasteiger partial charge in [-0.2, -0.15) is 0 Å². The first-order chi connectivity index (χ1) is 8.67. The van der Waals surface area contributed by atoms with Crippen LogP contribution in [-0.4, -0.2) is 14.2 Å². The minimum Gasteiger partial charge on any atom is -0.497 e. The molecule has 0 spiro atoms. The van der Waals surface area contributed by atoms with E-state index >= 15 is 0 Å². The average Bonchev–Trinajstić information content (AvgIpc) is 2.73. The number of nitrogens with one attached hydrogen (secondary N) is 1. The molecule has 1 heterocycles. The fourth-order valence-corrected chi connectivity index (χ4v) is 3.33. The van der Waals surface area contributed by atoms with Crippen molar-refractivity contribution in [3.8, 4) is 5.75 Å². The fourth-order valence-electron chi connectivity index (χ4n) is 1.89. The van der Waals surface area contributed by atoms with Crippen LogP contribution in [0.4, 0.5) is 0 Å².